The van der Waals surface area contributed by atoms with Crippen molar-refractivity contribution in [3.8, 4) is 5.75 Å². The predicted molar refractivity (Wildman–Crippen MR) is 81.3 cm³/mol. The smallest absolute Gasteiger partial charge is 0.328 e. The molecule has 0 bridgehead atoms. The number of hydrogen-bond acceptors (Lipinski definition) is 3. The Morgan fingerprint density at radius 3 is 2.86 bits per heavy atom. The van der Waals surface area contributed by atoms with Crippen LogP contribution in [0, 0.1) is 0 Å². The van der Waals surface area contributed by atoms with Gasteiger partial charge in [0.1, 0.15) is 5.75 Å². The zero-order valence-electron chi connectivity index (χ0n) is 11.8. The first kappa shape index (κ1) is 14.8. The first-order valence-corrected chi connectivity index (χ1v) is 6.75. The number of rotatable bonds is 6. The van der Waals surface area contributed by atoms with Crippen molar-refractivity contribution < 1.29 is 14.6 Å². The highest BCUT2D eigenvalue weighted by atomic mass is 16.5. The van der Waals surface area contributed by atoms with Crippen LogP contribution >= 0.6 is 0 Å². The standard InChI is InChI=1S/C17H17NO3/c1-2-21-16-12-13(11-15-5-3-4-10-18-15)6-7-14(16)8-9-17(19)20/h3-10,12H,2,11H2,1H3,(H,19,20)/b9-8+. The molecule has 2 rings (SSSR count). The minimum absolute atomic E-state index is 0.529. The number of pyridine rings is 1. The summed E-state index contributed by atoms with van der Waals surface area (Å²) in [5, 5.41) is 8.71. The molecule has 2 aromatic rings. The molecule has 0 aliphatic rings. The third-order valence-electron chi connectivity index (χ3n) is 2.89. The topological polar surface area (TPSA) is 59.4 Å². The third kappa shape index (κ3) is 4.45. The van der Waals surface area contributed by atoms with Gasteiger partial charge in [-0.3, -0.25) is 4.98 Å². The first-order valence-electron chi connectivity index (χ1n) is 6.75. The highest BCUT2D eigenvalue weighted by Gasteiger charge is 2.05. The average molecular weight is 283 g/mol. The number of nitrogens with zero attached hydrogens (tertiary/aromatic N) is 1. The van der Waals surface area contributed by atoms with Crippen molar-refractivity contribution in [1.82, 2.24) is 4.98 Å². The molecule has 0 saturated carbocycles. The van der Waals surface area contributed by atoms with E-state index in [1.54, 1.807) is 6.20 Å². The van der Waals surface area contributed by atoms with Crippen molar-refractivity contribution in [1.29, 1.82) is 0 Å². The van der Waals surface area contributed by atoms with Gasteiger partial charge in [-0.25, -0.2) is 4.79 Å². The Morgan fingerprint density at radius 2 is 2.19 bits per heavy atom. The lowest BCUT2D eigenvalue weighted by Gasteiger charge is -2.10. The molecule has 0 radical (unpaired) electrons. The van der Waals surface area contributed by atoms with Gasteiger partial charge in [0.2, 0.25) is 0 Å². The summed E-state index contributed by atoms with van der Waals surface area (Å²) in [6.07, 6.45) is 5.13. The lowest BCUT2D eigenvalue weighted by molar-refractivity contribution is -0.131. The molecule has 1 heterocycles. The SMILES string of the molecule is CCOc1cc(Cc2ccccn2)ccc1/C=C/C(=O)O. The van der Waals surface area contributed by atoms with Crippen molar-refractivity contribution in [3.63, 3.8) is 0 Å². The predicted octanol–water partition coefficient (Wildman–Crippen LogP) is 3.17. The number of hydrogen-bond donors (Lipinski definition) is 1. The number of carbonyl (C=O) groups is 1. The van der Waals surface area contributed by atoms with E-state index in [2.05, 4.69) is 4.98 Å². The summed E-state index contributed by atoms with van der Waals surface area (Å²) in [7, 11) is 0. The fraction of sp³-hybridized carbons (Fsp3) is 0.176. The van der Waals surface area contributed by atoms with E-state index in [9.17, 15) is 4.79 Å². The Hall–Kier alpha value is -2.62. The van der Waals surface area contributed by atoms with Crippen molar-refractivity contribution in [2.45, 2.75) is 13.3 Å². The van der Waals surface area contributed by atoms with E-state index < -0.39 is 5.97 Å². The van der Waals surface area contributed by atoms with Gasteiger partial charge < -0.3 is 9.84 Å². The van der Waals surface area contributed by atoms with Gasteiger partial charge in [0.05, 0.1) is 6.61 Å². The molecule has 21 heavy (non-hydrogen) atoms. The Labute approximate surface area is 123 Å². The highest BCUT2D eigenvalue weighted by molar-refractivity contribution is 5.85. The molecule has 1 aromatic carbocycles. The largest absolute Gasteiger partial charge is 0.493 e. The van der Waals surface area contributed by atoms with Crippen LogP contribution in [0.5, 0.6) is 5.75 Å². The fourth-order valence-corrected chi connectivity index (χ4v) is 1.98. The summed E-state index contributed by atoms with van der Waals surface area (Å²) in [6.45, 7) is 2.43. The molecule has 0 amide bonds. The monoisotopic (exact) mass is 283 g/mol. The van der Waals surface area contributed by atoms with Crippen molar-refractivity contribution in [2.75, 3.05) is 6.61 Å². The summed E-state index contributed by atoms with van der Waals surface area (Å²) < 4.78 is 5.58. The van der Waals surface area contributed by atoms with Crippen LogP contribution in [0.25, 0.3) is 6.08 Å². The summed E-state index contributed by atoms with van der Waals surface area (Å²) in [6, 6.07) is 11.6. The van der Waals surface area contributed by atoms with Crippen molar-refractivity contribution in [2.24, 2.45) is 0 Å². The summed E-state index contributed by atoms with van der Waals surface area (Å²) in [5.41, 5.74) is 2.81. The molecular weight excluding hydrogens is 266 g/mol. The molecule has 0 saturated heterocycles. The third-order valence-corrected chi connectivity index (χ3v) is 2.89. The second-order valence-electron chi connectivity index (χ2n) is 4.47. The maximum Gasteiger partial charge on any atom is 0.328 e. The lowest BCUT2D eigenvalue weighted by Crippen LogP contribution is -1.97. The molecule has 1 N–H and O–H groups in total. The van der Waals surface area contributed by atoms with E-state index in [-0.39, 0.29) is 0 Å². The van der Waals surface area contributed by atoms with Gasteiger partial charge in [-0.15, -0.1) is 0 Å². The molecule has 1 aromatic heterocycles. The molecule has 0 aliphatic carbocycles. The minimum atomic E-state index is -0.977. The first-order chi connectivity index (χ1) is 10.2. The summed E-state index contributed by atoms with van der Waals surface area (Å²) in [4.78, 5) is 14.9. The number of aliphatic carboxylic acids is 1. The molecule has 4 nitrogen and oxygen atoms in total. The zero-order chi connectivity index (χ0) is 15.1. The minimum Gasteiger partial charge on any atom is -0.493 e. The Kier molecular flexibility index (Phi) is 5.10. The number of carboxylic acids is 1. The Balaban J connectivity index is 2.25. The van der Waals surface area contributed by atoms with E-state index in [1.165, 1.54) is 6.08 Å². The van der Waals surface area contributed by atoms with Gasteiger partial charge in [0, 0.05) is 30.0 Å². The second kappa shape index (κ2) is 7.24. The van der Waals surface area contributed by atoms with Crippen LogP contribution in [0.1, 0.15) is 23.7 Å². The normalized spacial score (nSPS) is 10.7. The molecule has 0 fully saturated rings. The van der Waals surface area contributed by atoms with Gasteiger partial charge in [0.25, 0.3) is 0 Å². The number of benzene rings is 1. The van der Waals surface area contributed by atoms with Gasteiger partial charge in [0.15, 0.2) is 0 Å². The highest BCUT2D eigenvalue weighted by Crippen LogP contribution is 2.23. The molecule has 0 unspecified atom stereocenters. The Morgan fingerprint density at radius 1 is 1.33 bits per heavy atom. The van der Waals surface area contributed by atoms with E-state index in [0.29, 0.717) is 18.8 Å². The fourth-order valence-electron chi connectivity index (χ4n) is 1.98. The lowest BCUT2D eigenvalue weighted by atomic mass is 10.1. The van der Waals surface area contributed by atoms with E-state index in [0.717, 1.165) is 22.9 Å². The number of aromatic nitrogens is 1. The zero-order valence-corrected chi connectivity index (χ0v) is 11.8. The van der Waals surface area contributed by atoms with Gasteiger partial charge >= 0.3 is 5.97 Å². The van der Waals surface area contributed by atoms with E-state index in [4.69, 9.17) is 9.84 Å². The second-order valence-corrected chi connectivity index (χ2v) is 4.47. The van der Waals surface area contributed by atoms with E-state index in [1.807, 2.05) is 43.3 Å². The van der Waals surface area contributed by atoms with Crippen LogP contribution in [0.3, 0.4) is 0 Å². The molecule has 0 atom stereocenters. The van der Waals surface area contributed by atoms with Crippen LogP contribution in [0.2, 0.25) is 0 Å². The van der Waals surface area contributed by atoms with Crippen LogP contribution in [0.15, 0.2) is 48.7 Å². The summed E-state index contributed by atoms with van der Waals surface area (Å²) >= 11 is 0. The van der Waals surface area contributed by atoms with Gasteiger partial charge in [-0.05, 0) is 36.8 Å². The van der Waals surface area contributed by atoms with E-state index >= 15 is 0 Å². The van der Waals surface area contributed by atoms with Crippen LogP contribution in [-0.2, 0) is 11.2 Å². The molecule has 108 valence electrons. The summed E-state index contributed by atoms with van der Waals surface area (Å²) in [5.74, 6) is -0.293. The van der Waals surface area contributed by atoms with Crippen LogP contribution < -0.4 is 4.74 Å². The quantitative estimate of drug-likeness (QED) is 0.827. The number of carboxylic acid groups (broad SMARTS) is 1. The maximum absolute atomic E-state index is 10.6. The van der Waals surface area contributed by atoms with Crippen LogP contribution in [-0.4, -0.2) is 22.7 Å². The number of ether oxygens (including phenoxy) is 1. The molecule has 4 heteroatoms. The molecular formula is C17H17NO3. The molecule has 0 spiro atoms. The van der Waals surface area contributed by atoms with Crippen molar-refractivity contribution in [3.05, 3.63) is 65.5 Å². The Bertz CT molecular complexity index is 636. The van der Waals surface area contributed by atoms with Gasteiger partial charge in [-0.2, -0.15) is 0 Å². The van der Waals surface area contributed by atoms with Gasteiger partial charge in [-0.1, -0.05) is 18.2 Å². The maximum atomic E-state index is 10.6. The molecule has 0 aliphatic heterocycles. The average Bonchev–Trinajstić information content (AvgIpc) is 2.48. The van der Waals surface area contributed by atoms with Crippen LogP contribution in [0.4, 0.5) is 0 Å². The van der Waals surface area contributed by atoms with Crippen molar-refractivity contribution >= 4 is 12.0 Å².